The first kappa shape index (κ1) is 16.0. The smallest absolute Gasteiger partial charge is 0.133 e. The first-order valence-electron chi connectivity index (χ1n) is 8.45. The maximum atomic E-state index is 6.33. The van der Waals surface area contributed by atoms with Crippen LogP contribution in [0.15, 0.2) is 42.5 Å². The zero-order valence-corrected chi connectivity index (χ0v) is 15.4. The van der Waals surface area contributed by atoms with Crippen LogP contribution in [0.5, 0.6) is 0 Å². The van der Waals surface area contributed by atoms with Gasteiger partial charge in [0.2, 0.25) is 0 Å². The van der Waals surface area contributed by atoms with Gasteiger partial charge in [-0.15, -0.1) is 0 Å². The van der Waals surface area contributed by atoms with Crippen LogP contribution in [0.4, 0.5) is 11.5 Å². The lowest BCUT2D eigenvalue weighted by Gasteiger charge is -2.13. The topological polar surface area (TPSA) is 33.1 Å². The number of fused-ring (bicyclic) bond motifs is 1. The lowest BCUT2D eigenvalue weighted by molar-refractivity contribution is 0.875. The first-order valence-corrected chi connectivity index (χ1v) is 8.83. The highest BCUT2D eigenvalue weighted by molar-refractivity contribution is 6.31. The molecule has 0 atom stereocenters. The van der Waals surface area contributed by atoms with Crippen molar-refractivity contribution in [1.82, 2.24) is 9.78 Å². The van der Waals surface area contributed by atoms with Crippen molar-refractivity contribution in [3.8, 4) is 16.9 Å². The summed E-state index contributed by atoms with van der Waals surface area (Å²) in [6.45, 7) is 2.97. The molecule has 0 radical (unpaired) electrons. The largest absolute Gasteiger partial charge is 0.378 e. The number of nitrogens with one attached hydrogen (secondary N) is 1. The molecule has 0 aliphatic carbocycles. The summed E-state index contributed by atoms with van der Waals surface area (Å²) in [4.78, 5) is 2.11. The molecule has 1 aliphatic heterocycles. The molecule has 5 heteroatoms. The van der Waals surface area contributed by atoms with Crippen molar-refractivity contribution in [3.63, 3.8) is 0 Å². The molecule has 2 aromatic carbocycles. The molecule has 0 spiro atoms. The summed E-state index contributed by atoms with van der Waals surface area (Å²) in [5, 5.41) is 9.20. The SMILES string of the molecule is Cc1c(Cl)cccc1-n1nc(-c2cccc(N(C)C)c2)c2c1NCC2. The van der Waals surface area contributed by atoms with E-state index in [9.17, 15) is 0 Å². The molecule has 0 saturated heterocycles. The number of halogens is 1. The maximum absolute atomic E-state index is 6.33. The van der Waals surface area contributed by atoms with Crippen LogP contribution in [0, 0.1) is 6.92 Å². The van der Waals surface area contributed by atoms with Gasteiger partial charge in [0.25, 0.3) is 0 Å². The van der Waals surface area contributed by atoms with Gasteiger partial charge in [-0.05, 0) is 43.2 Å². The number of anilines is 2. The van der Waals surface area contributed by atoms with Crippen LogP contribution in [0.25, 0.3) is 16.9 Å². The number of hydrogen-bond acceptors (Lipinski definition) is 3. The first-order chi connectivity index (χ1) is 12.1. The van der Waals surface area contributed by atoms with Crippen LogP contribution in [-0.2, 0) is 6.42 Å². The molecule has 0 fully saturated rings. The van der Waals surface area contributed by atoms with E-state index in [0.717, 1.165) is 46.3 Å². The van der Waals surface area contributed by atoms with Crippen molar-refractivity contribution in [1.29, 1.82) is 0 Å². The normalized spacial score (nSPS) is 12.8. The quantitative estimate of drug-likeness (QED) is 0.751. The summed E-state index contributed by atoms with van der Waals surface area (Å²) in [5.41, 5.74) is 6.69. The Hall–Kier alpha value is -2.46. The van der Waals surface area contributed by atoms with Gasteiger partial charge in [0.1, 0.15) is 5.82 Å². The molecular formula is C20H21ClN4. The lowest BCUT2D eigenvalue weighted by atomic mass is 10.1. The minimum absolute atomic E-state index is 0.760. The second kappa shape index (κ2) is 6.12. The van der Waals surface area contributed by atoms with Crippen LogP contribution in [0.3, 0.4) is 0 Å². The van der Waals surface area contributed by atoms with Gasteiger partial charge in [0.05, 0.1) is 11.4 Å². The Morgan fingerprint density at radius 3 is 2.76 bits per heavy atom. The standard InChI is InChI=1S/C20H21ClN4/c1-13-17(21)8-5-9-18(13)25-20-16(10-11-22-20)19(23-25)14-6-4-7-15(12-14)24(2)3/h4-9,12,22H,10-11H2,1-3H3. The van der Waals surface area contributed by atoms with Crippen LogP contribution in [-0.4, -0.2) is 30.4 Å². The van der Waals surface area contributed by atoms with Crippen molar-refractivity contribution in [2.24, 2.45) is 0 Å². The monoisotopic (exact) mass is 352 g/mol. The van der Waals surface area contributed by atoms with E-state index in [0.29, 0.717) is 0 Å². The fourth-order valence-electron chi connectivity index (χ4n) is 3.34. The molecule has 128 valence electrons. The molecule has 3 aromatic rings. The summed E-state index contributed by atoms with van der Waals surface area (Å²) in [6, 6.07) is 14.5. The number of hydrogen-bond donors (Lipinski definition) is 1. The van der Waals surface area contributed by atoms with E-state index in [1.165, 1.54) is 11.3 Å². The summed E-state index contributed by atoms with van der Waals surface area (Å²) in [5.74, 6) is 1.08. The van der Waals surface area contributed by atoms with Crippen molar-refractivity contribution in [2.75, 3.05) is 30.9 Å². The number of benzene rings is 2. The zero-order chi connectivity index (χ0) is 17.6. The molecule has 4 rings (SSSR count). The highest BCUT2D eigenvalue weighted by Gasteiger charge is 2.25. The van der Waals surface area contributed by atoms with Gasteiger partial charge in [0.15, 0.2) is 0 Å². The molecule has 0 saturated carbocycles. The van der Waals surface area contributed by atoms with Gasteiger partial charge >= 0.3 is 0 Å². The fraction of sp³-hybridized carbons (Fsp3) is 0.250. The van der Waals surface area contributed by atoms with Gasteiger partial charge < -0.3 is 10.2 Å². The molecular weight excluding hydrogens is 332 g/mol. The van der Waals surface area contributed by atoms with E-state index in [1.54, 1.807) is 0 Å². The molecule has 1 aliphatic rings. The summed E-state index contributed by atoms with van der Waals surface area (Å²) in [6.07, 6.45) is 0.983. The van der Waals surface area contributed by atoms with Crippen LogP contribution < -0.4 is 10.2 Å². The van der Waals surface area contributed by atoms with Crippen molar-refractivity contribution < 1.29 is 0 Å². The molecule has 2 heterocycles. The van der Waals surface area contributed by atoms with Crippen LogP contribution in [0.1, 0.15) is 11.1 Å². The van der Waals surface area contributed by atoms with E-state index in [2.05, 4.69) is 54.6 Å². The molecule has 4 nitrogen and oxygen atoms in total. The molecule has 25 heavy (non-hydrogen) atoms. The maximum Gasteiger partial charge on any atom is 0.133 e. The molecule has 0 unspecified atom stereocenters. The minimum Gasteiger partial charge on any atom is -0.378 e. The average molecular weight is 353 g/mol. The molecule has 0 bridgehead atoms. The van der Waals surface area contributed by atoms with Crippen molar-refractivity contribution in [3.05, 3.63) is 58.6 Å². The predicted octanol–water partition coefficient (Wildman–Crippen LogP) is 4.54. The Kier molecular flexibility index (Phi) is 3.92. The summed E-state index contributed by atoms with van der Waals surface area (Å²) < 4.78 is 2.00. The van der Waals surface area contributed by atoms with Gasteiger partial charge in [-0.25, -0.2) is 4.68 Å². The Labute approximate surface area is 153 Å². The number of rotatable bonds is 3. The third-order valence-corrected chi connectivity index (χ3v) is 5.16. The fourth-order valence-corrected chi connectivity index (χ4v) is 3.51. The Morgan fingerprint density at radius 2 is 1.96 bits per heavy atom. The Bertz CT molecular complexity index is 943. The van der Waals surface area contributed by atoms with E-state index >= 15 is 0 Å². The van der Waals surface area contributed by atoms with Gasteiger partial charge in [-0.2, -0.15) is 5.10 Å². The van der Waals surface area contributed by atoms with E-state index in [1.807, 2.05) is 23.7 Å². The second-order valence-electron chi connectivity index (χ2n) is 6.59. The zero-order valence-electron chi connectivity index (χ0n) is 14.7. The lowest BCUT2D eigenvalue weighted by Crippen LogP contribution is -2.08. The predicted molar refractivity (Wildman–Crippen MR) is 105 cm³/mol. The third-order valence-electron chi connectivity index (χ3n) is 4.75. The molecule has 1 N–H and O–H groups in total. The Morgan fingerprint density at radius 1 is 1.16 bits per heavy atom. The van der Waals surface area contributed by atoms with Gasteiger partial charge in [-0.1, -0.05) is 29.8 Å². The highest BCUT2D eigenvalue weighted by Crippen LogP contribution is 2.36. The van der Waals surface area contributed by atoms with Crippen molar-refractivity contribution >= 4 is 23.1 Å². The van der Waals surface area contributed by atoms with E-state index in [4.69, 9.17) is 16.7 Å². The average Bonchev–Trinajstić information content (AvgIpc) is 3.20. The number of aromatic nitrogens is 2. The molecule has 0 amide bonds. The van der Waals surface area contributed by atoms with Crippen LogP contribution >= 0.6 is 11.6 Å². The summed E-state index contributed by atoms with van der Waals surface area (Å²) >= 11 is 6.33. The van der Waals surface area contributed by atoms with Crippen molar-refractivity contribution in [2.45, 2.75) is 13.3 Å². The second-order valence-corrected chi connectivity index (χ2v) is 7.00. The molecule has 1 aromatic heterocycles. The number of nitrogens with zero attached hydrogens (tertiary/aromatic N) is 3. The highest BCUT2D eigenvalue weighted by atomic mass is 35.5. The van der Waals surface area contributed by atoms with E-state index < -0.39 is 0 Å². The van der Waals surface area contributed by atoms with Gasteiger partial charge in [0, 0.05) is 42.5 Å². The van der Waals surface area contributed by atoms with E-state index in [-0.39, 0.29) is 0 Å². The third kappa shape index (κ3) is 2.67. The van der Waals surface area contributed by atoms with Crippen LogP contribution in [0.2, 0.25) is 5.02 Å². The van der Waals surface area contributed by atoms with Gasteiger partial charge in [-0.3, -0.25) is 0 Å². The minimum atomic E-state index is 0.760. The summed E-state index contributed by atoms with van der Waals surface area (Å²) in [7, 11) is 4.11. The Balaban J connectivity index is 1.89.